The van der Waals surface area contributed by atoms with Gasteiger partial charge >= 0.3 is 0 Å². The quantitative estimate of drug-likeness (QED) is 0.749. The molecule has 0 atom stereocenters. The van der Waals surface area contributed by atoms with Gasteiger partial charge in [-0.25, -0.2) is 4.39 Å². The number of rotatable bonds is 4. The molecule has 2 heterocycles. The fourth-order valence-electron chi connectivity index (χ4n) is 2.84. The van der Waals surface area contributed by atoms with Crippen molar-refractivity contribution in [2.75, 3.05) is 33.2 Å². The number of benzene rings is 1. The van der Waals surface area contributed by atoms with Crippen LogP contribution < -0.4 is 5.56 Å². The molecule has 1 saturated heterocycles. The van der Waals surface area contributed by atoms with Crippen LogP contribution in [0.1, 0.15) is 6.42 Å². The lowest BCUT2D eigenvalue weighted by Crippen LogP contribution is -2.47. The summed E-state index contributed by atoms with van der Waals surface area (Å²) in [5.74, 6) is -0.278. The van der Waals surface area contributed by atoms with E-state index in [-0.39, 0.29) is 30.2 Å². The van der Waals surface area contributed by atoms with Crippen LogP contribution in [-0.2, 0) is 11.3 Å². The van der Waals surface area contributed by atoms with E-state index in [1.807, 2.05) is 11.9 Å². The molecule has 2 aromatic rings. The molecular weight excluding hydrogens is 373 g/mol. The third kappa shape index (κ3) is 4.44. The molecule has 1 aliphatic rings. The number of amides is 1. The molecule has 1 aromatic heterocycles. The molecule has 0 saturated carbocycles. The highest BCUT2D eigenvalue weighted by molar-refractivity contribution is 7.73. The maximum Gasteiger partial charge on any atom is 0.253 e. The average molecular weight is 394 g/mol. The lowest BCUT2D eigenvalue weighted by Gasteiger charge is -2.32. The molecule has 1 aromatic carbocycles. The van der Waals surface area contributed by atoms with E-state index in [4.69, 9.17) is 12.2 Å². The van der Waals surface area contributed by atoms with Crippen molar-refractivity contribution >= 4 is 29.5 Å². The number of halogens is 1. The van der Waals surface area contributed by atoms with Crippen molar-refractivity contribution in [3.8, 4) is 10.4 Å². The monoisotopic (exact) mass is 393 g/mol. The Morgan fingerprint density at radius 2 is 1.85 bits per heavy atom. The summed E-state index contributed by atoms with van der Waals surface area (Å²) < 4.78 is 14.9. The molecule has 0 bridgehead atoms. The predicted molar refractivity (Wildman–Crippen MR) is 104 cm³/mol. The average Bonchev–Trinajstić information content (AvgIpc) is 2.62. The first kappa shape index (κ1) is 18.9. The van der Waals surface area contributed by atoms with Gasteiger partial charge in [-0.15, -0.1) is 11.3 Å². The number of hydrogen-bond donors (Lipinski definition) is 0. The van der Waals surface area contributed by atoms with Crippen molar-refractivity contribution in [2.45, 2.75) is 13.0 Å². The first-order valence-electron chi connectivity index (χ1n) is 8.41. The van der Waals surface area contributed by atoms with E-state index in [0.717, 1.165) is 31.7 Å². The zero-order chi connectivity index (χ0) is 18.7. The largest absolute Gasteiger partial charge is 0.340 e. The van der Waals surface area contributed by atoms with Gasteiger partial charge in [-0.1, -0.05) is 12.1 Å². The summed E-state index contributed by atoms with van der Waals surface area (Å²) in [6, 6.07) is 7.44. The summed E-state index contributed by atoms with van der Waals surface area (Å²) in [6.07, 6.45) is 0.260. The molecule has 1 fully saturated rings. The molecule has 8 heteroatoms. The second kappa shape index (κ2) is 8.20. The number of hydrogen-bond acceptors (Lipinski definition) is 5. The van der Waals surface area contributed by atoms with E-state index in [1.54, 1.807) is 12.1 Å². The van der Waals surface area contributed by atoms with Crippen molar-refractivity contribution < 1.29 is 9.18 Å². The number of carbonyl (C=O) groups excluding carboxylic acids is 1. The van der Waals surface area contributed by atoms with Gasteiger partial charge < -0.3 is 9.80 Å². The van der Waals surface area contributed by atoms with E-state index in [2.05, 4.69) is 4.90 Å². The Bertz CT molecular complexity index is 869. The van der Waals surface area contributed by atoms with Crippen LogP contribution >= 0.6 is 23.6 Å². The predicted octanol–water partition coefficient (Wildman–Crippen LogP) is 2.61. The van der Waals surface area contributed by atoms with E-state index in [9.17, 15) is 14.0 Å². The van der Waals surface area contributed by atoms with Gasteiger partial charge in [-0.2, -0.15) is 0 Å². The third-order valence-corrected chi connectivity index (χ3v) is 5.91. The Morgan fingerprint density at radius 1 is 1.19 bits per heavy atom. The summed E-state index contributed by atoms with van der Waals surface area (Å²) in [7, 11) is 2.04. The second-order valence-corrected chi connectivity index (χ2v) is 7.98. The van der Waals surface area contributed by atoms with Crippen molar-refractivity contribution in [3.05, 3.63) is 50.5 Å². The molecule has 0 spiro atoms. The molecule has 1 aliphatic heterocycles. The van der Waals surface area contributed by atoms with Gasteiger partial charge in [0.05, 0.1) is 0 Å². The van der Waals surface area contributed by atoms with Gasteiger partial charge in [0.2, 0.25) is 5.91 Å². The van der Waals surface area contributed by atoms with E-state index in [1.165, 1.54) is 34.1 Å². The Balaban J connectivity index is 1.71. The maximum atomic E-state index is 13.1. The van der Waals surface area contributed by atoms with Crippen LogP contribution in [0.4, 0.5) is 4.39 Å². The Kier molecular flexibility index (Phi) is 5.95. The smallest absolute Gasteiger partial charge is 0.253 e. The summed E-state index contributed by atoms with van der Waals surface area (Å²) in [4.78, 5) is 29.5. The lowest BCUT2D eigenvalue weighted by atomic mass is 10.2. The van der Waals surface area contributed by atoms with Crippen molar-refractivity contribution in [1.82, 2.24) is 14.4 Å². The fraction of sp³-hybridized carbons (Fsp3) is 0.389. The van der Waals surface area contributed by atoms with Crippen LogP contribution in [0.5, 0.6) is 0 Å². The molecule has 3 rings (SSSR count). The Labute approximate surface area is 160 Å². The molecule has 0 unspecified atom stereocenters. The number of carbonyl (C=O) groups is 1. The lowest BCUT2D eigenvalue weighted by molar-refractivity contribution is -0.133. The van der Waals surface area contributed by atoms with Crippen LogP contribution in [0.2, 0.25) is 0 Å². The van der Waals surface area contributed by atoms with Gasteiger partial charge in [0.25, 0.3) is 5.56 Å². The van der Waals surface area contributed by atoms with Crippen molar-refractivity contribution in [1.29, 1.82) is 0 Å². The molecule has 0 N–H and O–H groups in total. The first-order valence-corrected chi connectivity index (χ1v) is 9.64. The molecular formula is C18H20FN3O2S2. The zero-order valence-electron chi connectivity index (χ0n) is 14.5. The van der Waals surface area contributed by atoms with Gasteiger partial charge in [-0.05, 0) is 37.0 Å². The zero-order valence-corrected chi connectivity index (χ0v) is 16.1. The summed E-state index contributed by atoms with van der Waals surface area (Å²) in [5.41, 5.74) is 0.513. The minimum atomic E-state index is -0.326. The van der Waals surface area contributed by atoms with Crippen LogP contribution in [0, 0.1) is 9.77 Å². The highest BCUT2D eigenvalue weighted by atomic mass is 32.1. The van der Waals surface area contributed by atoms with Crippen LogP contribution in [0.15, 0.2) is 35.1 Å². The SMILES string of the molecule is CN1CCN(C(=O)CCn2c(=O)cc(-c3ccc(F)cc3)sc2=S)CC1. The minimum Gasteiger partial charge on any atom is -0.340 e. The van der Waals surface area contributed by atoms with E-state index >= 15 is 0 Å². The third-order valence-electron chi connectivity index (χ3n) is 4.47. The van der Waals surface area contributed by atoms with Gasteiger partial charge in [0.1, 0.15) is 5.82 Å². The van der Waals surface area contributed by atoms with Crippen molar-refractivity contribution in [2.24, 2.45) is 0 Å². The summed E-state index contributed by atoms with van der Waals surface area (Å²) in [6.45, 7) is 3.45. The molecule has 5 nitrogen and oxygen atoms in total. The first-order chi connectivity index (χ1) is 12.4. The molecule has 138 valence electrons. The number of piperazine rings is 1. The van der Waals surface area contributed by atoms with Crippen LogP contribution in [0.3, 0.4) is 0 Å². The summed E-state index contributed by atoms with van der Waals surface area (Å²) >= 11 is 6.64. The van der Waals surface area contributed by atoms with Crippen LogP contribution in [-0.4, -0.2) is 53.5 Å². The number of nitrogens with zero attached hydrogens (tertiary/aromatic N) is 3. The highest BCUT2D eigenvalue weighted by Crippen LogP contribution is 2.23. The van der Waals surface area contributed by atoms with Gasteiger partial charge in [0, 0.05) is 50.1 Å². The van der Waals surface area contributed by atoms with Gasteiger partial charge in [-0.3, -0.25) is 14.2 Å². The molecule has 0 radical (unpaired) electrons. The molecule has 0 aliphatic carbocycles. The van der Waals surface area contributed by atoms with Gasteiger partial charge in [0.15, 0.2) is 3.95 Å². The standard InChI is InChI=1S/C18H20FN3O2S2/c1-20-8-10-21(11-9-20)16(23)6-7-22-17(24)12-15(26-18(22)25)13-2-4-14(19)5-3-13/h2-5,12H,6-11H2,1H3. The number of likely N-dealkylation sites (N-methyl/N-ethyl adjacent to an activating group) is 1. The Hall–Kier alpha value is -1.90. The summed E-state index contributed by atoms with van der Waals surface area (Å²) in [5, 5.41) is 0. The minimum absolute atomic E-state index is 0.0482. The van der Waals surface area contributed by atoms with Crippen LogP contribution in [0.25, 0.3) is 10.4 Å². The van der Waals surface area contributed by atoms with E-state index < -0.39 is 0 Å². The highest BCUT2D eigenvalue weighted by Gasteiger charge is 2.19. The van der Waals surface area contributed by atoms with E-state index in [0.29, 0.717) is 8.83 Å². The molecule has 1 amide bonds. The topological polar surface area (TPSA) is 45.5 Å². The van der Waals surface area contributed by atoms with Crippen molar-refractivity contribution in [3.63, 3.8) is 0 Å². The normalized spacial score (nSPS) is 15.2. The maximum absolute atomic E-state index is 13.1. The molecule has 26 heavy (non-hydrogen) atoms. The fourth-order valence-corrected chi connectivity index (χ4v) is 4.18. The Morgan fingerprint density at radius 3 is 2.46 bits per heavy atom. The number of aromatic nitrogens is 1. The second-order valence-electron chi connectivity index (χ2n) is 6.31.